The molecule has 0 unspecified atom stereocenters. The predicted molar refractivity (Wildman–Crippen MR) is 112 cm³/mol. The fourth-order valence-corrected chi connectivity index (χ4v) is 3.56. The molecule has 2 heterocycles. The third-order valence-corrected chi connectivity index (χ3v) is 4.88. The number of rotatable bonds is 5. The number of benzene rings is 2. The van der Waals surface area contributed by atoms with Crippen LogP contribution in [-0.4, -0.2) is 17.0 Å². The van der Waals surface area contributed by atoms with E-state index in [-0.39, 0.29) is 5.78 Å². The van der Waals surface area contributed by atoms with Crippen molar-refractivity contribution in [3.05, 3.63) is 77.2 Å². The number of hydrogen-bond acceptors (Lipinski definition) is 3. The van der Waals surface area contributed by atoms with Gasteiger partial charge in [0.15, 0.2) is 5.76 Å². The fourth-order valence-electron chi connectivity index (χ4n) is 3.56. The van der Waals surface area contributed by atoms with Crippen LogP contribution in [0.1, 0.15) is 35.3 Å². The number of hydrogen-bond donors (Lipinski definition) is 0. The molecule has 1 aliphatic heterocycles. The number of carbonyl (C=O) groups excluding carboxylic acids is 1. The molecule has 1 aliphatic rings. The van der Waals surface area contributed by atoms with Crippen molar-refractivity contribution in [3.8, 4) is 11.5 Å². The van der Waals surface area contributed by atoms with Crippen molar-refractivity contribution in [1.82, 2.24) is 4.57 Å². The Labute approximate surface area is 164 Å². The number of Topliss-reactive ketones (excluding diaryl/α,β-unsaturated/α-hetero) is 1. The van der Waals surface area contributed by atoms with Crippen molar-refractivity contribution >= 4 is 22.8 Å². The average Bonchev–Trinajstić information content (AvgIpc) is 3.18. The van der Waals surface area contributed by atoms with Gasteiger partial charge in [0.25, 0.3) is 0 Å². The van der Waals surface area contributed by atoms with Crippen LogP contribution in [0.5, 0.6) is 11.5 Å². The Kier molecular flexibility index (Phi) is 4.55. The second-order valence-corrected chi connectivity index (χ2v) is 7.19. The van der Waals surface area contributed by atoms with Crippen LogP contribution >= 0.6 is 0 Å². The van der Waals surface area contributed by atoms with Crippen LogP contribution in [0.2, 0.25) is 0 Å². The minimum absolute atomic E-state index is 0.0905. The number of ketones is 1. The van der Waals surface area contributed by atoms with E-state index in [0.29, 0.717) is 29.4 Å². The van der Waals surface area contributed by atoms with Crippen LogP contribution in [0.25, 0.3) is 17.0 Å². The first kappa shape index (κ1) is 18.1. The predicted octanol–water partition coefficient (Wildman–Crippen LogP) is 5.54. The number of aromatic nitrogens is 1. The number of fused-ring (bicyclic) bond motifs is 2. The van der Waals surface area contributed by atoms with Gasteiger partial charge in [-0.1, -0.05) is 24.8 Å². The van der Waals surface area contributed by atoms with Crippen molar-refractivity contribution < 1.29 is 14.3 Å². The maximum atomic E-state index is 13.0. The van der Waals surface area contributed by atoms with Gasteiger partial charge in [0.05, 0.1) is 5.56 Å². The summed E-state index contributed by atoms with van der Waals surface area (Å²) in [6.07, 6.45) is 3.90. The van der Waals surface area contributed by atoms with Gasteiger partial charge >= 0.3 is 0 Å². The molecule has 0 aliphatic carbocycles. The fraction of sp³-hybridized carbons (Fsp3) is 0.208. The average molecular weight is 373 g/mol. The second-order valence-electron chi connectivity index (χ2n) is 7.19. The summed E-state index contributed by atoms with van der Waals surface area (Å²) in [5, 5.41) is 1.10. The zero-order valence-corrected chi connectivity index (χ0v) is 16.4. The largest absolute Gasteiger partial charge is 0.489 e. The lowest BCUT2D eigenvalue weighted by atomic mass is 10.0. The molecule has 0 N–H and O–H groups in total. The molecule has 0 fully saturated rings. The van der Waals surface area contributed by atoms with Gasteiger partial charge in [-0.2, -0.15) is 0 Å². The first-order valence-corrected chi connectivity index (χ1v) is 9.42. The number of carbonyl (C=O) groups is 1. The smallest absolute Gasteiger partial charge is 0.232 e. The molecule has 2 aromatic carbocycles. The maximum Gasteiger partial charge on any atom is 0.232 e. The molecular weight excluding hydrogens is 350 g/mol. The van der Waals surface area contributed by atoms with Crippen molar-refractivity contribution in [3.63, 3.8) is 0 Å². The number of aryl methyl sites for hydroxylation is 2. The van der Waals surface area contributed by atoms with Crippen LogP contribution in [0.15, 0.2) is 60.5 Å². The molecule has 4 rings (SSSR count). The maximum absolute atomic E-state index is 13.0. The van der Waals surface area contributed by atoms with Crippen LogP contribution in [0.4, 0.5) is 0 Å². The molecule has 142 valence electrons. The van der Waals surface area contributed by atoms with E-state index in [1.165, 1.54) is 0 Å². The van der Waals surface area contributed by atoms with E-state index in [0.717, 1.165) is 34.1 Å². The van der Waals surface area contributed by atoms with E-state index in [1.54, 1.807) is 6.07 Å². The summed E-state index contributed by atoms with van der Waals surface area (Å²) in [5.41, 5.74) is 4.51. The molecule has 0 amide bonds. The lowest BCUT2D eigenvalue weighted by Gasteiger charge is -2.08. The Hall–Kier alpha value is -3.27. The van der Waals surface area contributed by atoms with Crippen LogP contribution in [0, 0.1) is 6.92 Å². The van der Waals surface area contributed by atoms with E-state index in [1.807, 2.05) is 38.1 Å². The van der Waals surface area contributed by atoms with Gasteiger partial charge in [0.2, 0.25) is 5.78 Å². The molecule has 3 aromatic rings. The standard InChI is InChI=1S/C24H23NO3/c1-5-25-13-17(19-8-6-7-9-20(19)25)11-22-24(26)23-16(4)10-18(12-21(23)28-22)27-14-15(2)3/h6-13H,2,5,14H2,1,3-4H3/b22-11-. The Bertz CT molecular complexity index is 1130. The molecule has 0 radical (unpaired) electrons. The van der Waals surface area contributed by atoms with Gasteiger partial charge in [-0.15, -0.1) is 0 Å². The second kappa shape index (κ2) is 7.04. The van der Waals surface area contributed by atoms with E-state index >= 15 is 0 Å². The normalized spacial score (nSPS) is 14.4. The third-order valence-electron chi connectivity index (χ3n) is 4.88. The number of para-hydroxylation sites is 1. The van der Waals surface area contributed by atoms with Gasteiger partial charge in [-0.25, -0.2) is 0 Å². The Balaban J connectivity index is 1.72. The van der Waals surface area contributed by atoms with Crippen molar-refractivity contribution in [1.29, 1.82) is 0 Å². The Morgan fingerprint density at radius 3 is 2.82 bits per heavy atom. The quantitative estimate of drug-likeness (QED) is 0.435. The molecule has 0 saturated heterocycles. The highest BCUT2D eigenvalue weighted by Gasteiger charge is 2.30. The molecule has 1 aromatic heterocycles. The molecule has 0 spiro atoms. The Morgan fingerprint density at radius 2 is 2.07 bits per heavy atom. The third kappa shape index (κ3) is 3.11. The van der Waals surface area contributed by atoms with Gasteiger partial charge in [0.1, 0.15) is 18.1 Å². The summed E-state index contributed by atoms with van der Waals surface area (Å²) in [6.45, 7) is 11.1. The van der Waals surface area contributed by atoms with Crippen molar-refractivity contribution in [2.45, 2.75) is 27.3 Å². The molecule has 0 atom stereocenters. The van der Waals surface area contributed by atoms with Crippen molar-refractivity contribution in [2.75, 3.05) is 6.61 Å². The minimum atomic E-state index is -0.0905. The van der Waals surface area contributed by atoms with Crippen LogP contribution in [-0.2, 0) is 6.54 Å². The van der Waals surface area contributed by atoms with Gasteiger partial charge in [-0.05, 0) is 50.1 Å². The first-order chi connectivity index (χ1) is 13.5. The zero-order chi connectivity index (χ0) is 19.8. The highest BCUT2D eigenvalue weighted by molar-refractivity contribution is 6.16. The minimum Gasteiger partial charge on any atom is -0.489 e. The van der Waals surface area contributed by atoms with Gasteiger partial charge < -0.3 is 14.0 Å². The van der Waals surface area contributed by atoms with Crippen molar-refractivity contribution in [2.24, 2.45) is 0 Å². The highest BCUT2D eigenvalue weighted by Crippen LogP contribution is 2.38. The first-order valence-electron chi connectivity index (χ1n) is 9.42. The highest BCUT2D eigenvalue weighted by atomic mass is 16.5. The summed E-state index contributed by atoms with van der Waals surface area (Å²) in [6, 6.07) is 11.8. The lowest BCUT2D eigenvalue weighted by Crippen LogP contribution is -2.00. The van der Waals surface area contributed by atoms with Crippen LogP contribution in [0.3, 0.4) is 0 Å². The lowest BCUT2D eigenvalue weighted by molar-refractivity contribution is 0.101. The topological polar surface area (TPSA) is 40.5 Å². The summed E-state index contributed by atoms with van der Waals surface area (Å²) >= 11 is 0. The molecule has 4 heteroatoms. The number of nitrogens with zero attached hydrogens (tertiary/aromatic N) is 1. The summed E-state index contributed by atoms with van der Waals surface area (Å²) in [7, 11) is 0. The summed E-state index contributed by atoms with van der Waals surface area (Å²) < 4.78 is 13.8. The Morgan fingerprint density at radius 1 is 1.29 bits per heavy atom. The molecule has 4 nitrogen and oxygen atoms in total. The zero-order valence-electron chi connectivity index (χ0n) is 16.4. The summed E-state index contributed by atoms with van der Waals surface area (Å²) in [4.78, 5) is 13.0. The van der Waals surface area contributed by atoms with E-state index in [2.05, 4.69) is 36.4 Å². The molecule has 0 saturated carbocycles. The monoisotopic (exact) mass is 373 g/mol. The van der Waals surface area contributed by atoms with E-state index in [9.17, 15) is 4.79 Å². The van der Waals surface area contributed by atoms with Crippen LogP contribution < -0.4 is 9.47 Å². The number of allylic oxidation sites excluding steroid dienone is 1. The van der Waals surface area contributed by atoms with E-state index < -0.39 is 0 Å². The van der Waals surface area contributed by atoms with Gasteiger partial charge in [0, 0.05) is 35.3 Å². The SMILES string of the molecule is C=C(C)COc1cc(C)c2c(c1)O/C(=C\c1cn(CC)c3ccccc13)C2=O. The molecule has 28 heavy (non-hydrogen) atoms. The molecular formula is C24H23NO3. The summed E-state index contributed by atoms with van der Waals surface area (Å²) in [5.74, 6) is 1.48. The molecule has 0 bridgehead atoms. The van der Waals surface area contributed by atoms with E-state index in [4.69, 9.17) is 9.47 Å². The number of ether oxygens (including phenoxy) is 2. The van der Waals surface area contributed by atoms with Gasteiger partial charge in [-0.3, -0.25) is 4.79 Å².